The number of nitrogens with zero attached hydrogens (tertiary/aromatic N) is 1. The summed E-state index contributed by atoms with van der Waals surface area (Å²) in [7, 11) is 1.54. The normalized spacial score (nSPS) is 20.3. The van der Waals surface area contributed by atoms with Gasteiger partial charge in [0.2, 0.25) is 0 Å². The van der Waals surface area contributed by atoms with Gasteiger partial charge in [0.05, 0.1) is 11.6 Å². The van der Waals surface area contributed by atoms with Crippen molar-refractivity contribution in [1.29, 1.82) is 0 Å². The van der Waals surface area contributed by atoms with Gasteiger partial charge in [0.15, 0.2) is 11.5 Å². The minimum absolute atomic E-state index is 0.135. The lowest BCUT2D eigenvalue weighted by atomic mass is 10.1. The highest BCUT2D eigenvalue weighted by atomic mass is 79.9. The monoisotopic (exact) mass is 315 g/mol. The van der Waals surface area contributed by atoms with Crippen molar-refractivity contribution >= 4 is 15.9 Å². The minimum Gasteiger partial charge on any atom is -0.503 e. The summed E-state index contributed by atoms with van der Waals surface area (Å²) >= 11 is 3.32. The zero-order chi connectivity index (χ0) is 13.1. The molecule has 4 nitrogen and oxygen atoms in total. The SMILES string of the molecule is COc1cc(CN2CCC(CO)C2)cc(Br)c1O. The number of aliphatic hydroxyl groups is 1. The summed E-state index contributed by atoms with van der Waals surface area (Å²) in [6, 6.07) is 3.76. The first-order valence-electron chi connectivity index (χ1n) is 6.02. The van der Waals surface area contributed by atoms with Gasteiger partial charge in [-0.1, -0.05) is 0 Å². The maximum absolute atomic E-state index is 9.74. The second-order valence-corrected chi connectivity index (χ2v) is 5.56. The average molecular weight is 316 g/mol. The Morgan fingerprint density at radius 3 is 2.89 bits per heavy atom. The van der Waals surface area contributed by atoms with E-state index in [4.69, 9.17) is 9.84 Å². The first-order valence-corrected chi connectivity index (χ1v) is 6.82. The molecule has 0 radical (unpaired) electrons. The predicted octanol–water partition coefficient (Wildman–Crippen LogP) is 1.98. The van der Waals surface area contributed by atoms with Crippen LogP contribution in [0.1, 0.15) is 12.0 Å². The van der Waals surface area contributed by atoms with E-state index in [0.717, 1.165) is 31.6 Å². The van der Waals surface area contributed by atoms with Crippen LogP contribution in [0, 0.1) is 5.92 Å². The number of benzene rings is 1. The van der Waals surface area contributed by atoms with E-state index in [0.29, 0.717) is 16.1 Å². The Bertz CT molecular complexity index is 425. The van der Waals surface area contributed by atoms with Crippen LogP contribution in [0.5, 0.6) is 11.5 Å². The summed E-state index contributed by atoms with van der Waals surface area (Å²) in [5.41, 5.74) is 1.09. The van der Waals surface area contributed by atoms with Crippen LogP contribution in [-0.4, -0.2) is 41.9 Å². The molecule has 0 aliphatic carbocycles. The van der Waals surface area contributed by atoms with Crippen molar-refractivity contribution in [2.45, 2.75) is 13.0 Å². The number of phenolic OH excluding ortho intramolecular Hbond substituents is 1. The topological polar surface area (TPSA) is 52.9 Å². The van der Waals surface area contributed by atoms with Crippen molar-refractivity contribution in [2.24, 2.45) is 5.92 Å². The molecule has 1 heterocycles. The molecule has 5 heteroatoms. The van der Waals surface area contributed by atoms with Crippen molar-refractivity contribution in [1.82, 2.24) is 4.90 Å². The van der Waals surface area contributed by atoms with Gasteiger partial charge in [0, 0.05) is 19.7 Å². The molecule has 18 heavy (non-hydrogen) atoms. The number of halogens is 1. The van der Waals surface area contributed by atoms with Crippen LogP contribution in [0.4, 0.5) is 0 Å². The number of aliphatic hydroxyl groups excluding tert-OH is 1. The molecule has 1 aliphatic heterocycles. The highest BCUT2D eigenvalue weighted by Crippen LogP contribution is 2.35. The van der Waals surface area contributed by atoms with Gasteiger partial charge in [-0.25, -0.2) is 0 Å². The third-order valence-electron chi connectivity index (χ3n) is 3.34. The zero-order valence-electron chi connectivity index (χ0n) is 10.4. The molecule has 1 fully saturated rings. The second kappa shape index (κ2) is 5.91. The molecule has 1 atom stereocenters. The molecule has 0 aromatic heterocycles. The molecule has 100 valence electrons. The Kier molecular flexibility index (Phi) is 4.48. The molecule has 0 amide bonds. The van der Waals surface area contributed by atoms with Crippen molar-refractivity contribution in [2.75, 3.05) is 26.8 Å². The third kappa shape index (κ3) is 2.96. The van der Waals surface area contributed by atoms with Crippen LogP contribution in [-0.2, 0) is 6.54 Å². The summed E-state index contributed by atoms with van der Waals surface area (Å²) < 4.78 is 5.78. The Morgan fingerprint density at radius 2 is 2.28 bits per heavy atom. The Balaban J connectivity index is 2.08. The number of hydrogen-bond acceptors (Lipinski definition) is 4. The predicted molar refractivity (Wildman–Crippen MR) is 72.8 cm³/mol. The number of methoxy groups -OCH3 is 1. The van der Waals surface area contributed by atoms with Crippen molar-refractivity contribution in [3.05, 3.63) is 22.2 Å². The van der Waals surface area contributed by atoms with E-state index in [2.05, 4.69) is 20.8 Å². The van der Waals surface area contributed by atoms with Crippen LogP contribution >= 0.6 is 15.9 Å². The van der Waals surface area contributed by atoms with Crippen LogP contribution in [0.25, 0.3) is 0 Å². The number of phenols is 1. The Hall–Kier alpha value is -0.780. The smallest absolute Gasteiger partial charge is 0.172 e. The lowest BCUT2D eigenvalue weighted by Crippen LogP contribution is -2.21. The van der Waals surface area contributed by atoms with Crippen LogP contribution in [0.3, 0.4) is 0 Å². The van der Waals surface area contributed by atoms with E-state index in [1.165, 1.54) is 0 Å². The molecule has 1 aromatic carbocycles. The van der Waals surface area contributed by atoms with E-state index in [1.54, 1.807) is 7.11 Å². The number of rotatable bonds is 4. The van der Waals surface area contributed by atoms with Gasteiger partial charge in [-0.3, -0.25) is 4.90 Å². The Morgan fingerprint density at radius 1 is 1.50 bits per heavy atom. The molecule has 1 aromatic rings. The van der Waals surface area contributed by atoms with Gasteiger partial charge in [-0.15, -0.1) is 0 Å². The lowest BCUT2D eigenvalue weighted by Gasteiger charge is -2.17. The molecular weight excluding hydrogens is 298 g/mol. The first kappa shape index (κ1) is 13.6. The summed E-state index contributed by atoms with van der Waals surface area (Å²) in [6.07, 6.45) is 1.05. The molecule has 1 aliphatic rings. The number of hydrogen-bond donors (Lipinski definition) is 2. The largest absolute Gasteiger partial charge is 0.503 e. The van der Waals surface area contributed by atoms with Crippen LogP contribution in [0.2, 0.25) is 0 Å². The molecule has 2 N–H and O–H groups in total. The summed E-state index contributed by atoms with van der Waals surface area (Å²) in [6.45, 7) is 3.01. The maximum Gasteiger partial charge on any atom is 0.172 e. The number of ether oxygens (including phenoxy) is 1. The quantitative estimate of drug-likeness (QED) is 0.892. The van der Waals surface area contributed by atoms with E-state index in [9.17, 15) is 5.11 Å². The molecule has 2 rings (SSSR count). The van der Waals surface area contributed by atoms with Crippen LogP contribution < -0.4 is 4.74 Å². The van der Waals surface area contributed by atoms with E-state index < -0.39 is 0 Å². The minimum atomic E-state index is 0.135. The zero-order valence-corrected chi connectivity index (χ0v) is 12.0. The van der Waals surface area contributed by atoms with E-state index >= 15 is 0 Å². The maximum atomic E-state index is 9.74. The van der Waals surface area contributed by atoms with Crippen molar-refractivity contribution < 1.29 is 14.9 Å². The van der Waals surface area contributed by atoms with Gasteiger partial charge in [0.1, 0.15) is 0 Å². The van der Waals surface area contributed by atoms with Gasteiger partial charge in [-0.05, 0) is 52.5 Å². The van der Waals surface area contributed by atoms with E-state index in [-0.39, 0.29) is 12.4 Å². The third-order valence-corrected chi connectivity index (χ3v) is 3.95. The lowest BCUT2D eigenvalue weighted by molar-refractivity contribution is 0.220. The molecule has 0 saturated carbocycles. The van der Waals surface area contributed by atoms with Crippen molar-refractivity contribution in [3.63, 3.8) is 0 Å². The van der Waals surface area contributed by atoms with Gasteiger partial charge in [0.25, 0.3) is 0 Å². The number of aromatic hydroxyl groups is 1. The first-order chi connectivity index (χ1) is 8.63. The standard InChI is InChI=1S/C13H18BrNO3/c1-18-12-5-10(4-11(14)13(12)17)7-15-3-2-9(6-15)8-16/h4-5,9,16-17H,2-3,6-8H2,1H3. The molecule has 1 unspecified atom stereocenters. The average Bonchev–Trinajstić information content (AvgIpc) is 2.81. The summed E-state index contributed by atoms with van der Waals surface area (Å²) in [5.74, 6) is 1.01. The molecule has 0 spiro atoms. The van der Waals surface area contributed by atoms with Gasteiger partial charge >= 0.3 is 0 Å². The van der Waals surface area contributed by atoms with Crippen LogP contribution in [0.15, 0.2) is 16.6 Å². The van der Waals surface area contributed by atoms with Crippen molar-refractivity contribution in [3.8, 4) is 11.5 Å². The highest BCUT2D eigenvalue weighted by molar-refractivity contribution is 9.10. The number of likely N-dealkylation sites (tertiary alicyclic amines) is 1. The van der Waals surface area contributed by atoms with Gasteiger partial charge in [-0.2, -0.15) is 0 Å². The molecule has 0 bridgehead atoms. The fourth-order valence-corrected chi connectivity index (χ4v) is 2.83. The molecule has 1 saturated heterocycles. The summed E-state index contributed by atoms with van der Waals surface area (Å²) in [5, 5.41) is 18.9. The fraction of sp³-hybridized carbons (Fsp3) is 0.538. The second-order valence-electron chi connectivity index (χ2n) is 4.70. The van der Waals surface area contributed by atoms with E-state index in [1.807, 2.05) is 12.1 Å². The van der Waals surface area contributed by atoms with Gasteiger partial charge < -0.3 is 14.9 Å². The summed E-state index contributed by atoms with van der Waals surface area (Å²) in [4.78, 5) is 2.30. The highest BCUT2D eigenvalue weighted by Gasteiger charge is 2.22. The molecular formula is C13H18BrNO3. The Labute approximate surface area is 115 Å². The fourth-order valence-electron chi connectivity index (χ4n) is 2.34.